The van der Waals surface area contributed by atoms with Crippen LogP contribution in [0, 0.1) is 3.57 Å². The maximum Gasteiger partial charge on any atom is 0.0553 e. The Morgan fingerprint density at radius 2 is 2.29 bits per heavy atom. The molecule has 1 aromatic carbocycles. The summed E-state index contributed by atoms with van der Waals surface area (Å²) in [6, 6.07) is 6.29. The summed E-state index contributed by atoms with van der Waals surface area (Å²) in [5.74, 6) is 0. The van der Waals surface area contributed by atoms with Gasteiger partial charge < -0.3 is 10.1 Å². The molecule has 0 aliphatic carbocycles. The lowest BCUT2D eigenvalue weighted by Crippen LogP contribution is -2.03. The summed E-state index contributed by atoms with van der Waals surface area (Å²) in [4.78, 5) is 3.21. The normalized spacial score (nSPS) is 13.4. The summed E-state index contributed by atoms with van der Waals surface area (Å²) in [5, 5.41) is 10.6. The van der Waals surface area contributed by atoms with Gasteiger partial charge in [-0.15, -0.1) is 0 Å². The van der Waals surface area contributed by atoms with Crippen LogP contribution >= 0.6 is 22.6 Å². The summed E-state index contributed by atoms with van der Waals surface area (Å²) < 4.78 is 1.22. The summed E-state index contributed by atoms with van der Waals surface area (Å²) in [7, 11) is 0. The van der Waals surface area contributed by atoms with Crippen LogP contribution in [0.3, 0.4) is 0 Å². The highest BCUT2D eigenvalue weighted by Crippen LogP contribution is 2.21. The van der Waals surface area contributed by atoms with Crippen LogP contribution in [-0.2, 0) is 6.42 Å². The van der Waals surface area contributed by atoms with Gasteiger partial charge in [-0.1, -0.05) is 0 Å². The van der Waals surface area contributed by atoms with Crippen molar-refractivity contribution >= 4 is 33.5 Å². The fourth-order valence-electron chi connectivity index (χ4n) is 1.64. The molecule has 2 nitrogen and oxygen atoms in total. The summed E-state index contributed by atoms with van der Waals surface area (Å²) in [6.45, 7) is 1.81. The third kappa shape index (κ3) is 1.93. The molecule has 1 aromatic heterocycles. The highest BCUT2D eigenvalue weighted by Gasteiger charge is 2.06. The van der Waals surface area contributed by atoms with Gasteiger partial charge in [0.2, 0.25) is 0 Å². The minimum Gasteiger partial charge on any atom is -0.393 e. The van der Waals surface area contributed by atoms with E-state index < -0.39 is 0 Å². The number of aliphatic hydroxyl groups is 1. The molecular formula is C11H12INO. The number of aromatic amines is 1. The van der Waals surface area contributed by atoms with Gasteiger partial charge in [-0.2, -0.15) is 0 Å². The Balaban J connectivity index is 2.50. The lowest BCUT2D eigenvalue weighted by Gasteiger charge is -2.02. The molecule has 0 aliphatic heterocycles. The molecule has 3 heteroatoms. The van der Waals surface area contributed by atoms with E-state index in [4.69, 9.17) is 0 Å². The Bertz CT molecular complexity index is 447. The smallest absolute Gasteiger partial charge is 0.0553 e. The van der Waals surface area contributed by atoms with E-state index in [1.54, 1.807) is 0 Å². The molecule has 1 heterocycles. The van der Waals surface area contributed by atoms with Crippen molar-refractivity contribution in [3.63, 3.8) is 0 Å². The Kier molecular flexibility index (Phi) is 2.78. The quantitative estimate of drug-likeness (QED) is 0.822. The van der Waals surface area contributed by atoms with Gasteiger partial charge in [0, 0.05) is 27.1 Å². The number of aromatic nitrogens is 1. The first-order chi connectivity index (χ1) is 6.66. The average molecular weight is 301 g/mol. The van der Waals surface area contributed by atoms with Gasteiger partial charge in [-0.25, -0.2) is 0 Å². The molecule has 1 unspecified atom stereocenters. The minimum atomic E-state index is -0.285. The van der Waals surface area contributed by atoms with Crippen LogP contribution in [-0.4, -0.2) is 16.2 Å². The van der Waals surface area contributed by atoms with Crippen molar-refractivity contribution in [1.82, 2.24) is 4.98 Å². The van der Waals surface area contributed by atoms with Crippen LogP contribution in [0.5, 0.6) is 0 Å². The number of fused-ring (bicyclic) bond motifs is 1. The number of benzene rings is 1. The van der Waals surface area contributed by atoms with Gasteiger partial charge in [0.25, 0.3) is 0 Å². The van der Waals surface area contributed by atoms with Crippen molar-refractivity contribution in [3.8, 4) is 0 Å². The molecule has 0 fully saturated rings. The van der Waals surface area contributed by atoms with E-state index >= 15 is 0 Å². The fraction of sp³-hybridized carbons (Fsp3) is 0.273. The molecule has 2 aromatic rings. The number of halogens is 1. The van der Waals surface area contributed by atoms with Gasteiger partial charge in [-0.05, 0) is 53.3 Å². The van der Waals surface area contributed by atoms with E-state index in [0.717, 1.165) is 5.52 Å². The Labute approximate surface area is 96.5 Å². The van der Waals surface area contributed by atoms with Crippen LogP contribution in [0.15, 0.2) is 24.4 Å². The molecular weight excluding hydrogens is 289 g/mol. The molecule has 2 rings (SSSR count). The highest BCUT2D eigenvalue weighted by molar-refractivity contribution is 14.1. The van der Waals surface area contributed by atoms with Crippen LogP contribution in [0.2, 0.25) is 0 Å². The Hall–Kier alpha value is -0.550. The average Bonchev–Trinajstić information content (AvgIpc) is 2.47. The number of hydrogen-bond donors (Lipinski definition) is 2. The monoisotopic (exact) mass is 301 g/mol. The zero-order chi connectivity index (χ0) is 10.1. The fourth-order valence-corrected chi connectivity index (χ4v) is 2.13. The first-order valence-corrected chi connectivity index (χ1v) is 5.68. The molecule has 0 bridgehead atoms. The topological polar surface area (TPSA) is 36.0 Å². The van der Waals surface area contributed by atoms with E-state index in [-0.39, 0.29) is 6.10 Å². The van der Waals surface area contributed by atoms with Crippen molar-refractivity contribution in [2.45, 2.75) is 19.4 Å². The summed E-state index contributed by atoms with van der Waals surface area (Å²) in [6.07, 6.45) is 2.40. The number of hydrogen-bond acceptors (Lipinski definition) is 1. The van der Waals surface area contributed by atoms with Crippen molar-refractivity contribution < 1.29 is 5.11 Å². The molecule has 0 radical (unpaired) electrons. The molecule has 1 atom stereocenters. The lowest BCUT2D eigenvalue weighted by atomic mass is 10.1. The Morgan fingerprint density at radius 3 is 3.00 bits per heavy atom. The van der Waals surface area contributed by atoms with E-state index in [0.29, 0.717) is 6.42 Å². The second-order valence-electron chi connectivity index (χ2n) is 3.56. The van der Waals surface area contributed by atoms with E-state index in [9.17, 15) is 5.11 Å². The van der Waals surface area contributed by atoms with Crippen molar-refractivity contribution in [3.05, 3.63) is 33.5 Å². The zero-order valence-electron chi connectivity index (χ0n) is 7.92. The number of aliphatic hydroxyl groups excluding tert-OH is 1. The largest absolute Gasteiger partial charge is 0.393 e. The molecule has 74 valence electrons. The predicted octanol–water partition coefficient (Wildman–Crippen LogP) is 2.70. The van der Waals surface area contributed by atoms with E-state index in [2.05, 4.69) is 45.8 Å². The first-order valence-electron chi connectivity index (χ1n) is 4.60. The second-order valence-corrected chi connectivity index (χ2v) is 4.80. The number of rotatable bonds is 2. The third-order valence-electron chi connectivity index (χ3n) is 2.24. The van der Waals surface area contributed by atoms with Gasteiger partial charge in [0.15, 0.2) is 0 Å². The van der Waals surface area contributed by atoms with Crippen LogP contribution in [0.4, 0.5) is 0 Å². The molecule has 0 amide bonds. The van der Waals surface area contributed by atoms with E-state index in [1.807, 2.05) is 13.1 Å². The molecule has 0 spiro atoms. The number of nitrogens with one attached hydrogen (secondary N) is 1. The maximum absolute atomic E-state index is 9.34. The van der Waals surface area contributed by atoms with Crippen molar-refractivity contribution in [2.75, 3.05) is 0 Å². The maximum atomic E-state index is 9.34. The highest BCUT2D eigenvalue weighted by atomic mass is 127. The van der Waals surface area contributed by atoms with Crippen LogP contribution < -0.4 is 0 Å². The second kappa shape index (κ2) is 3.90. The summed E-state index contributed by atoms with van der Waals surface area (Å²) in [5.41, 5.74) is 2.33. The molecule has 0 saturated heterocycles. The Morgan fingerprint density at radius 1 is 1.50 bits per heavy atom. The molecule has 2 N–H and O–H groups in total. The van der Waals surface area contributed by atoms with Crippen LogP contribution in [0.1, 0.15) is 12.5 Å². The van der Waals surface area contributed by atoms with Gasteiger partial charge >= 0.3 is 0 Å². The van der Waals surface area contributed by atoms with Gasteiger partial charge in [-0.3, -0.25) is 0 Å². The number of H-pyrrole nitrogens is 1. The van der Waals surface area contributed by atoms with Crippen LogP contribution in [0.25, 0.3) is 10.9 Å². The summed E-state index contributed by atoms with van der Waals surface area (Å²) >= 11 is 2.30. The van der Waals surface area contributed by atoms with E-state index in [1.165, 1.54) is 14.5 Å². The lowest BCUT2D eigenvalue weighted by molar-refractivity contribution is 0.196. The van der Waals surface area contributed by atoms with Crippen molar-refractivity contribution in [1.29, 1.82) is 0 Å². The standard InChI is InChI=1S/C11H12INO/c1-7(14)4-8-6-13-11-3-2-9(12)5-10(8)11/h2-3,5-7,13-14H,4H2,1H3. The van der Waals surface area contributed by atoms with Gasteiger partial charge in [0.05, 0.1) is 6.10 Å². The molecule has 0 saturated carbocycles. The van der Waals surface area contributed by atoms with Gasteiger partial charge in [0.1, 0.15) is 0 Å². The third-order valence-corrected chi connectivity index (χ3v) is 2.92. The van der Waals surface area contributed by atoms with Crippen molar-refractivity contribution in [2.24, 2.45) is 0 Å². The SMILES string of the molecule is CC(O)Cc1c[nH]c2ccc(I)cc12. The molecule has 14 heavy (non-hydrogen) atoms. The zero-order valence-corrected chi connectivity index (χ0v) is 10.1. The minimum absolute atomic E-state index is 0.285. The first kappa shape index (κ1) is 9.98. The predicted molar refractivity (Wildman–Crippen MR) is 66.4 cm³/mol. The molecule has 0 aliphatic rings.